The first kappa shape index (κ1) is 18.6. The van der Waals surface area contributed by atoms with Crippen LogP contribution < -0.4 is 10.9 Å². The smallest absolute Gasteiger partial charge is 0.280 e. The molecular formula is C22H19FN4O2. The molecule has 146 valence electrons. The Balaban J connectivity index is 1.79. The number of nitrogens with zero attached hydrogens (tertiary/aromatic N) is 3. The van der Waals surface area contributed by atoms with E-state index in [1.54, 1.807) is 30.5 Å². The first-order valence-electron chi connectivity index (χ1n) is 9.28. The van der Waals surface area contributed by atoms with Gasteiger partial charge in [0.2, 0.25) is 5.91 Å². The van der Waals surface area contributed by atoms with Crippen molar-refractivity contribution < 1.29 is 9.18 Å². The van der Waals surface area contributed by atoms with Gasteiger partial charge in [0.15, 0.2) is 5.65 Å². The highest BCUT2D eigenvalue weighted by Gasteiger charge is 2.18. The van der Waals surface area contributed by atoms with E-state index in [4.69, 9.17) is 0 Å². The van der Waals surface area contributed by atoms with E-state index in [1.165, 1.54) is 21.5 Å². The van der Waals surface area contributed by atoms with Crippen molar-refractivity contribution >= 4 is 22.6 Å². The molecule has 1 N–H and O–H groups in total. The number of aromatic nitrogens is 3. The lowest BCUT2D eigenvalue weighted by Crippen LogP contribution is -2.27. The van der Waals surface area contributed by atoms with Crippen LogP contribution in [0.25, 0.3) is 16.7 Å². The topological polar surface area (TPSA) is 68.9 Å². The fourth-order valence-corrected chi connectivity index (χ4v) is 3.29. The fourth-order valence-electron chi connectivity index (χ4n) is 3.29. The van der Waals surface area contributed by atoms with Gasteiger partial charge in [0, 0.05) is 6.20 Å². The van der Waals surface area contributed by atoms with Crippen LogP contribution in [0.4, 0.5) is 10.1 Å². The minimum Gasteiger partial charge on any atom is -0.322 e. The summed E-state index contributed by atoms with van der Waals surface area (Å²) in [7, 11) is 0. The van der Waals surface area contributed by atoms with Gasteiger partial charge in [0.05, 0.1) is 16.8 Å². The Bertz CT molecular complexity index is 1260. The number of rotatable bonds is 5. The molecule has 0 spiro atoms. The Hall–Kier alpha value is -3.74. The van der Waals surface area contributed by atoms with Crippen LogP contribution in [0.15, 0.2) is 71.7 Å². The molecule has 7 heteroatoms. The second-order valence-electron chi connectivity index (χ2n) is 6.60. The maximum absolute atomic E-state index is 13.9. The zero-order chi connectivity index (χ0) is 20.4. The Kier molecular flexibility index (Phi) is 4.95. The average molecular weight is 390 g/mol. The van der Waals surface area contributed by atoms with Crippen molar-refractivity contribution in [3.8, 4) is 5.69 Å². The third-order valence-electron chi connectivity index (χ3n) is 4.70. The number of carbonyl (C=O) groups is 1. The fraction of sp³-hybridized carbons (Fsp3) is 0.136. The summed E-state index contributed by atoms with van der Waals surface area (Å²) in [5, 5.41) is 2.97. The Labute approximate surface area is 166 Å². The van der Waals surface area contributed by atoms with Crippen molar-refractivity contribution in [3.63, 3.8) is 0 Å². The number of halogens is 1. The summed E-state index contributed by atoms with van der Waals surface area (Å²) < 4.78 is 16.8. The summed E-state index contributed by atoms with van der Waals surface area (Å²) in [6, 6.07) is 16.9. The van der Waals surface area contributed by atoms with Gasteiger partial charge in [-0.2, -0.15) is 0 Å². The summed E-state index contributed by atoms with van der Waals surface area (Å²) in [5.41, 5.74) is 1.92. The molecule has 0 aliphatic heterocycles. The van der Waals surface area contributed by atoms with E-state index >= 15 is 0 Å². The molecule has 6 nitrogen and oxygen atoms in total. The van der Waals surface area contributed by atoms with E-state index in [0.717, 1.165) is 12.0 Å². The predicted molar refractivity (Wildman–Crippen MR) is 110 cm³/mol. The van der Waals surface area contributed by atoms with E-state index in [-0.39, 0.29) is 17.8 Å². The van der Waals surface area contributed by atoms with Gasteiger partial charge in [0.25, 0.3) is 5.56 Å². The molecule has 2 aromatic carbocycles. The van der Waals surface area contributed by atoms with Crippen LogP contribution in [-0.4, -0.2) is 20.3 Å². The average Bonchev–Trinajstić information content (AvgIpc) is 3.01. The maximum atomic E-state index is 13.9. The van der Waals surface area contributed by atoms with E-state index in [2.05, 4.69) is 10.3 Å². The number of benzene rings is 2. The molecule has 1 amide bonds. The van der Waals surface area contributed by atoms with Crippen molar-refractivity contribution in [2.75, 3.05) is 5.32 Å². The third-order valence-corrected chi connectivity index (χ3v) is 4.70. The SMILES string of the molecule is CCc1cccc(-n2c(=O)c3cccnc3n2CC(=O)Nc2ccccc2F)c1. The number of hydrogen-bond donors (Lipinski definition) is 1. The molecule has 0 saturated heterocycles. The number of aryl methyl sites for hydroxylation is 1. The summed E-state index contributed by atoms with van der Waals surface area (Å²) in [4.78, 5) is 30.0. The highest BCUT2D eigenvalue weighted by Crippen LogP contribution is 2.16. The van der Waals surface area contributed by atoms with E-state index in [0.29, 0.717) is 16.7 Å². The summed E-state index contributed by atoms with van der Waals surface area (Å²) in [6.07, 6.45) is 2.38. The number of amides is 1. The summed E-state index contributed by atoms with van der Waals surface area (Å²) in [6.45, 7) is 1.83. The minimum absolute atomic E-state index is 0.0869. The molecule has 0 bridgehead atoms. The lowest BCUT2D eigenvalue weighted by atomic mass is 10.1. The van der Waals surface area contributed by atoms with Gasteiger partial charge in [0.1, 0.15) is 12.4 Å². The van der Waals surface area contributed by atoms with Gasteiger partial charge in [-0.1, -0.05) is 31.2 Å². The van der Waals surface area contributed by atoms with Gasteiger partial charge in [-0.25, -0.2) is 14.1 Å². The molecule has 4 rings (SSSR count). The van der Waals surface area contributed by atoms with Gasteiger partial charge < -0.3 is 5.32 Å². The Morgan fingerprint density at radius 1 is 1.10 bits per heavy atom. The summed E-state index contributed by atoms with van der Waals surface area (Å²) in [5.74, 6) is -0.984. The van der Waals surface area contributed by atoms with Gasteiger partial charge in [-0.15, -0.1) is 0 Å². The van der Waals surface area contributed by atoms with Gasteiger partial charge in [-0.05, 0) is 48.4 Å². The minimum atomic E-state index is -0.524. The Morgan fingerprint density at radius 2 is 1.93 bits per heavy atom. The Morgan fingerprint density at radius 3 is 2.72 bits per heavy atom. The number of anilines is 1. The number of fused-ring (bicyclic) bond motifs is 1. The van der Waals surface area contributed by atoms with Crippen LogP contribution in [0, 0.1) is 5.82 Å². The van der Waals surface area contributed by atoms with Crippen LogP contribution in [0.1, 0.15) is 12.5 Å². The number of carbonyl (C=O) groups excluding carboxylic acids is 1. The highest BCUT2D eigenvalue weighted by atomic mass is 19.1. The van der Waals surface area contributed by atoms with Crippen molar-refractivity contribution in [3.05, 3.63) is 88.6 Å². The van der Waals surface area contributed by atoms with Gasteiger partial charge >= 0.3 is 0 Å². The molecule has 0 unspecified atom stereocenters. The second-order valence-corrected chi connectivity index (χ2v) is 6.60. The number of pyridine rings is 1. The molecule has 29 heavy (non-hydrogen) atoms. The monoisotopic (exact) mass is 390 g/mol. The second kappa shape index (κ2) is 7.71. The molecule has 0 atom stereocenters. The standard InChI is InChI=1S/C22H19FN4O2/c1-2-15-7-5-8-16(13-15)27-22(29)17-9-6-12-24-21(17)26(27)14-20(28)25-19-11-4-3-10-18(19)23/h3-13H,2,14H2,1H3,(H,25,28). The van der Waals surface area contributed by atoms with Crippen LogP contribution in [0.2, 0.25) is 0 Å². The molecule has 0 fully saturated rings. The van der Waals surface area contributed by atoms with Crippen LogP contribution in [0.5, 0.6) is 0 Å². The predicted octanol–water partition coefficient (Wildman–Crippen LogP) is 3.53. The highest BCUT2D eigenvalue weighted by molar-refractivity contribution is 5.91. The molecule has 0 aliphatic rings. The molecule has 0 radical (unpaired) electrons. The lowest BCUT2D eigenvalue weighted by molar-refractivity contribution is -0.117. The zero-order valence-corrected chi connectivity index (χ0v) is 15.8. The van der Waals surface area contributed by atoms with Crippen molar-refractivity contribution in [2.45, 2.75) is 19.9 Å². The quantitative estimate of drug-likeness (QED) is 0.567. The third kappa shape index (κ3) is 3.54. The zero-order valence-electron chi connectivity index (χ0n) is 15.8. The van der Waals surface area contributed by atoms with Crippen LogP contribution in [-0.2, 0) is 17.8 Å². The lowest BCUT2D eigenvalue weighted by Gasteiger charge is -2.13. The van der Waals surface area contributed by atoms with Crippen molar-refractivity contribution in [1.82, 2.24) is 14.3 Å². The van der Waals surface area contributed by atoms with Gasteiger partial charge in [-0.3, -0.25) is 14.3 Å². The largest absolute Gasteiger partial charge is 0.322 e. The molecule has 2 aromatic heterocycles. The molecule has 4 aromatic rings. The van der Waals surface area contributed by atoms with E-state index < -0.39 is 11.7 Å². The summed E-state index contributed by atoms with van der Waals surface area (Å²) >= 11 is 0. The van der Waals surface area contributed by atoms with E-state index in [9.17, 15) is 14.0 Å². The molecule has 0 saturated carbocycles. The maximum Gasteiger partial charge on any atom is 0.280 e. The molecule has 2 heterocycles. The first-order valence-corrected chi connectivity index (χ1v) is 9.28. The number of hydrogen-bond acceptors (Lipinski definition) is 3. The van der Waals surface area contributed by atoms with Crippen molar-refractivity contribution in [1.29, 1.82) is 0 Å². The molecular weight excluding hydrogens is 371 g/mol. The van der Waals surface area contributed by atoms with Crippen LogP contribution >= 0.6 is 0 Å². The first-order chi connectivity index (χ1) is 14.1. The normalized spacial score (nSPS) is 11.0. The number of para-hydroxylation sites is 1. The number of nitrogens with one attached hydrogen (secondary N) is 1. The molecule has 0 aliphatic carbocycles. The van der Waals surface area contributed by atoms with Crippen molar-refractivity contribution in [2.24, 2.45) is 0 Å². The van der Waals surface area contributed by atoms with E-state index in [1.807, 2.05) is 31.2 Å². The van der Waals surface area contributed by atoms with Crippen LogP contribution in [0.3, 0.4) is 0 Å².